The van der Waals surface area contributed by atoms with Gasteiger partial charge in [0.1, 0.15) is 11.6 Å². The highest BCUT2D eigenvalue weighted by Crippen LogP contribution is 2.26. The molecule has 5 heteroatoms. The van der Waals surface area contributed by atoms with Crippen molar-refractivity contribution in [2.75, 3.05) is 10.6 Å². The summed E-state index contributed by atoms with van der Waals surface area (Å²) in [4.78, 5) is 12.3. The number of carbonyl (C=O) groups excluding carboxylic acids is 1. The van der Waals surface area contributed by atoms with E-state index in [0.717, 1.165) is 17.7 Å². The third-order valence-corrected chi connectivity index (χ3v) is 4.29. The fourth-order valence-corrected chi connectivity index (χ4v) is 2.51. The van der Waals surface area contributed by atoms with Gasteiger partial charge < -0.3 is 10.6 Å². The number of carbonyl (C=O) groups is 1. The van der Waals surface area contributed by atoms with Crippen LogP contribution in [0.4, 0.5) is 11.4 Å². The maximum absolute atomic E-state index is 12.3. The second-order valence-corrected chi connectivity index (χ2v) is 6.05. The Morgan fingerprint density at radius 2 is 1.84 bits per heavy atom. The average Bonchev–Trinajstić information content (AvgIpc) is 2.64. The van der Waals surface area contributed by atoms with Gasteiger partial charge in [0.05, 0.1) is 10.7 Å². The molecule has 1 atom stereocenters. The molecule has 2 aromatic rings. The van der Waals surface area contributed by atoms with Crippen LogP contribution in [0, 0.1) is 11.3 Å². The zero-order valence-electron chi connectivity index (χ0n) is 14.2. The van der Waals surface area contributed by atoms with Gasteiger partial charge in [0, 0.05) is 11.9 Å². The molecule has 2 aromatic carbocycles. The molecule has 128 valence electrons. The Hall–Kier alpha value is -2.77. The molecule has 0 saturated carbocycles. The lowest BCUT2D eigenvalue weighted by Gasteiger charge is -2.14. The van der Waals surface area contributed by atoms with Crippen LogP contribution in [0.5, 0.6) is 0 Å². The summed E-state index contributed by atoms with van der Waals surface area (Å²) < 4.78 is 0. The van der Waals surface area contributed by atoms with Gasteiger partial charge >= 0.3 is 0 Å². The summed E-state index contributed by atoms with van der Waals surface area (Å²) in [6, 6.07) is 16.7. The molecule has 25 heavy (non-hydrogen) atoms. The molecule has 0 aliphatic rings. The molecule has 0 bridgehead atoms. The number of nitrogens with one attached hydrogen (secondary N) is 2. The second kappa shape index (κ2) is 8.91. The van der Waals surface area contributed by atoms with Gasteiger partial charge in [-0.05, 0) is 36.1 Å². The van der Waals surface area contributed by atoms with Crippen molar-refractivity contribution in [3.8, 4) is 6.07 Å². The molecule has 2 rings (SSSR count). The first-order valence-corrected chi connectivity index (χ1v) is 8.46. The number of rotatable bonds is 6. The van der Waals surface area contributed by atoms with Crippen molar-refractivity contribution in [3.05, 3.63) is 70.9 Å². The van der Waals surface area contributed by atoms with Crippen LogP contribution in [0.1, 0.15) is 31.7 Å². The number of halogens is 1. The van der Waals surface area contributed by atoms with Crippen LogP contribution in [0.15, 0.2) is 60.3 Å². The minimum Gasteiger partial charge on any atom is -0.360 e. The Balaban J connectivity index is 2.17. The van der Waals surface area contributed by atoms with E-state index in [0.29, 0.717) is 16.6 Å². The van der Waals surface area contributed by atoms with Crippen molar-refractivity contribution in [2.24, 2.45) is 0 Å². The zero-order valence-corrected chi connectivity index (χ0v) is 15.0. The summed E-state index contributed by atoms with van der Waals surface area (Å²) in [6.07, 6.45) is 2.42. The standard InChI is InChI=1S/C20H20ClN3O/c1-3-14(2)16-8-4-6-10-18(16)23-13-15(12-22)20(25)24-19-11-7-5-9-17(19)21/h4-11,13-14,23H,3H2,1-2H3,(H,24,25)/b15-13-. The molecule has 0 saturated heterocycles. The van der Waals surface area contributed by atoms with Gasteiger partial charge in [-0.3, -0.25) is 4.79 Å². The summed E-state index contributed by atoms with van der Waals surface area (Å²) in [7, 11) is 0. The first-order valence-electron chi connectivity index (χ1n) is 8.08. The van der Waals surface area contributed by atoms with Crippen LogP contribution in [-0.2, 0) is 4.79 Å². The SMILES string of the molecule is CCC(C)c1ccccc1N/C=C(/C#N)C(=O)Nc1ccccc1Cl. The van der Waals surface area contributed by atoms with Gasteiger partial charge in [0.25, 0.3) is 5.91 Å². The highest BCUT2D eigenvalue weighted by atomic mass is 35.5. The van der Waals surface area contributed by atoms with Crippen molar-refractivity contribution < 1.29 is 4.79 Å². The molecule has 0 aromatic heterocycles. The number of para-hydroxylation sites is 2. The van der Waals surface area contributed by atoms with E-state index in [1.807, 2.05) is 30.3 Å². The summed E-state index contributed by atoms with van der Waals surface area (Å²) in [5, 5.41) is 15.4. The summed E-state index contributed by atoms with van der Waals surface area (Å²) in [5.41, 5.74) is 2.47. The molecule has 0 spiro atoms. The first kappa shape index (κ1) is 18.6. The maximum Gasteiger partial charge on any atom is 0.267 e. The summed E-state index contributed by atoms with van der Waals surface area (Å²) in [5.74, 6) is -0.135. The molecule has 0 radical (unpaired) electrons. The number of anilines is 2. The van der Waals surface area contributed by atoms with E-state index in [9.17, 15) is 10.1 Å². The number of amides is 1. The lowest BCUT2D eigenvalue weighted by Crippen LogP contribution is -2.15. The van der Waals surface area contributed by atoms with E-state index in [-0.39, 0.29) is 5.57 Å². The fraction of sp³-hybridized carbons (Fsp3) is 0.200. The molecule has 1 unspecified atom stereocenters. The minimum atomic E-state index is -0.510. The van der Waals surface area contributed by atoms with Gasteiger partial charge in [-0.1, -0.05) is 55.8 Å². The van der Waals surface area contributed by atoms with Crippen LogP contribution in [-0.4, -0.2) is 5.91 Å². The topological polar surface area (TPSA) is 64.9 Å². The smallest absolute Gasteiger partial charge is 0.267 e. The molecule has 2 N–H and O–H groups in total. The second-order valence-electron chi connectivity index (χ2n) is 5.64. The molecule has 0 heterocycles. The van der Waals surface area contributed by atoms with E-state index in [1.165, 1.54) is 6.20 Å². The highest BCUT2D eigenvalue weighted by molar-refractivity contribution is 6.33. The number of benzene rings is 2. The molecule has 0 aliphatic carbocycles. The fourth-order valence-electron chi connectivity index (χ4n) is 2.33. The lowest BCUT2D eigenvalue weighted by atomic mass is 9.97. The van der Waals surface area contributed by atoms with Crippen LogP contribution in [0.25, 0.3) is 0 Å². The summed E-state index contributed by atoms with van der Waals surface area (Å²) in [6.45, 7) is 4.26. The van der Waals surface area contributed by atoms with Crippen LogP contribution < -0.4 is 10.6 Å². The van der Waals surface area contributed by atoms with Gasteiger partial charge in [-0.25, -0.2) is 0 Å². The predicted molar refractivity (Wildman–Crippen MR) is 103 cm³/mol. The molecule has 1 amide bonds. The van der Waals surface area contributed by atoms with Crippen LogP contribution >= 0.6 is 11.6 Å². The quantitative estimate of drug-likeness (QED) is 0.546. The molecule has 0 aliphatic heterocycles. The monoisotopic (exact) mass is 353 g/mol. The van der Waals surface area contributed by atoms with E-state index in [4.69, 9.17) is 11.6 Å². The van der Waals surface area contributed by atoms with Gasteiger partial charge in [-0.2, -0.15) is 5.26 Å². The normalized spacial score (nSPS) is 12.2. The number of nitriles is 1. The molecule has 4 nitrogen and oxygen atoms in total. The first-order chi connectivity index (χ1) is 12.1. The minimum absolute atomic E-state index is 0.0288. The van der Waals surface area contributed by atoms with Crippen molar-refractivity contribution >= 4 is 28.9 Å². The number of hydrogen-bond acceptors (Lipinski definition) is 3. The zero-order chi connectivity index (χ0) is 18.2. The maximum atomic E-state index is 12.3. The van der Waals surface area contributed by atoms with Crippen LogP contribution in [0.3, 0.4) is 0 Å². The Morgan fingerprint density at radius 3 is 2.48 bits per heavy atom. The average molecular weight is 354 g/mol. The highest BCUT2D eigenvalue weighted by Gasteiger charge is 2.12. The van der Waals surface area contributed by atoms with E-state index in [2.05, 4.69) is 24.5 Å². The largest absolute Gasteiger partial charge is 0.360 e. The van der Waals surface area contributed by atoms with Crippen molar-refractivity contribution in [1.29, 1.82) is 5.26 Å². The lowest BCUT2D eigenvalue weighted by molar-refractivity contribution is -0.112. The Labute approximate surface area is 153 Å². The van der Waals surface area contributed by atoms with Crippen molar-refractivity contribution in [1.82, 2.24) is 0 Å². The Bertz CT molecular complexity index is 824. The Kier molecular flexibility index (Phi) is 6.62. The van der Waals surface area contributed by atoms with E-state index in [1.54, 1.807) is 24.3 Å². The van der Waals surface area contributed by atoms with Gasteiger partial charge in [0.15, 0.2) is 0 Å². The molecular formula is C20H20ClN3O. The third-order valence-electron chi connectivity index (χ3n) is 3.96. The van der Waals surface area contributed by atoms with E-state index < -0.39 is 5.91 Å². The third kappa shape index (κ3) is 4.85. The van der Waals surface area contributed by atoms with Gasteiger partial charge in [0.2, 0.25) is 0 Å². The predicted octanol–water partition coefficient (Wildman–Crippen LogP) is 5.31. The van der Waals surface area contributed by atoms with Gasteiger partial charge in [-0.15, -0.1) is 0 Å². The van der Waals surface area contributed by atoms with E-state index >= 15 is 0 Å². The molecule has 0 fully saturated rings. The summed E-state index contributed by atoms with van der Waals surface area (Å²) >= 11 is 6.03. The molecular weight excluding hydrogens is 334 g/mol. The van der Waals surface area contributed by atoms with Crippen molar-refractivity contribution in [3.63, 3.8) is 0 Å². The van der Waals surface area contributed by atoms with Crippen LogP contribution in [0.2, 0.25) is 5.02 Å². The number of nitrogens with zero attached hydrogens (tertiary/aromatic N) is 1. The number of hydrogen-bond donors (Lipinski definition) is 2. The van der Waals surface area contributed by atoms with Crippen molar-refractivity contribution in [2.45, 2.75) is 26.2 Å². The Morgan fingerprint density at radius 1 is 1.20 bits per heavy atom.